The smallest absolute Gasteiger partial charge is 0.419 e. The molecular weight excluding hydrogens is 289 g/mol. The molecule has 116 valence electrons. The highest BCUT2D eigenvalue weighted by Gasteiger charge is 2.33. The molecule has 1 N–H and O–H groups in total. The molecule has 2 rings (SSSR count). The van der Waals surface area contributed by atoms with Gasteiger partial charge in [0.05, 0.1) is 5.56 Å². The number of carbonyl (C=O) groups is 1. The van der Waals surface area contributed by atoms with Gasteiger partial charge < -0.3 is 14.9 Å². The normalized spacial score (nSPS) is 19.7. The van der Waals surface area contributed by atoms with Gasteiger partial charge in [0.25, 0.3) is 0 Å². The zero-order chi connectivity index (χ0) is 15.6. The van der Waals surface area contributed by atoms with Gasteiger partial charge in [-0.05, 0) is 6.42 Å². The van der Waals surface area contributed by atoms with E-state index in [0.717, 1.165) is 12.4 Å². The van der Waals surface area contributed by atoms with Crippen molar-refractivity contribution in [3.8, 4) is 0 Å². The van der Waals surface area contributed by atoms with Crippen LogP contribution in [0.4, 0.5) is 23.9 Å². The van der Waals surface area contributed by atoms with Gasteiger partial charge in [0.15, 0.2) is 0 Å². The number of nitrogens with zero attached hydrogens (tertiary/aromatic N) is 4. The molecule has 0 spiro atoms. The first kappa shape index (κ1) is 15.3. The molecule has 0 saturated carbocycles. The van der Waals surface area contributed by atoms with E-state index in [1.165, 1.54) is 4.90 Å². The lowest BCUT2D eigenvalue weighted by Gasteiger charge is -2.40. The highest BCUT2D eigenvalue weighted by atomic mass is 19.4. The Labute approximate surface area is 119 Å². The van der Waals surface area contributed by atoms with Crippen molar-refractivity contribution in [1.82, 2.24) is 14.9 Å². The third-order valence-electron chi connectivity index (χ3n) is 3.45. The van der Waals surface area contributed by atoms with Crippen LogP contribution in [0.25, 0.3) is 0 Å². The largest absolute Gasteiger partial charge is 0.465 e. The van der Waals surface area contributed by atoms with Crippen LogP contribution >= 0.6 is 0 Å². The Morgan fingerprint density at radius 3 is 2.48 bits per heavy atom. The maximum Gasteiger partial charge on any atom is 0.419 e. The molecule has 0 aliphatic carbocycles. The van der Waals surface area contributed by atoms with E-state index in [-0.39, 0.29) is 25.1 Å². The second-order valence-corrected chi connectivity index (χ2v) is 4.75. The van der Waals surface area contributed by atoms with Crippen molar-refractivity contribution in [2.45, 2.75) is 25.6 Å². The summed E-state index contributed by atoms with van der Waals surface area (Å²) < 4.78 is 37.4. The Balaban J connectivity index is 2.16. The molecule has 9 heteroatoms. The van der Waals surface area contributed by atoms with Crippen molar-refractivity contribution < 1.29 is 23.1 Å². The number of aromatic nitrogens is 2. The zero-order valence-electron chi connectivity index (χ0n) is 11.3. The van der Waals surface area contributed by atoms with Gasteiger partial charge in [-0.3, -0.25) is 0 Å². The molecule has 2 heterocycles. The van der Waals surface area contributed by atoms with E-state index in [0.29, 0.717) is 13.0 Å². The predicted molar refractivity (Wildman–Crippen MR) is 68.1 cm³/mol. The number of amides is 1. The molecule has 0 bridgehead atoms. The summed E-state index contributed by atoms with van der Waals surface area (Å²) in [6.45, 7) is 2.80. The molecule has 1 aliphatic rings. The van der Waals surface area contributed by atoms with Crippen LogP contribution in [0.15, 0.2) is 12.4 Å². The SMILES string of the molecule is CC[C@@H]1CN(C(=O)O)CCN1c1ncc(C(F)(F)F)cn1. The predicted octanol–water partition coefficient (Wildman–Crippen LogP) is 2.07. The Hall–Kier alpha value is -2.06. The van der Waals surface area contributed by atoms with Gasteiger partial charge in [0, 0.05) is 38.1 Å². The fraction of sp³-hybridized carbons (Fsp3) is 0.583. The number of piperazine rings is 1. The Morgan fingerprint density at radius 2 is 2.00 bits per heavy atom. The van der Waals surface area contributed by atoms with E-state index in [1.807, 2.05) is 6.92 Å². The standard InChI is InChI=1S/C12H15F3N4O2/c1-2-9-7-18(11(20)21)3-4-19(9)10-16-5-8(6-17-10)12(13,14)15/h5-6,9H,2-4,7H2,1H3,(H,20,21)/t9-/m1/s1. The minimum atomic E-state index is -4.47. The molecule has 0 unspecified atom stereocenters. The second kappa shape index (κ2) is 5.74. The topological polar surface area (TPSA) is 69.6 Å². The van der Waals surface area contributed by atoms with Crippen molar-refractivity contribution >= 4 is 12.0 Å². The van der Waals surface area contributed by atoms with Crippen LogP contribution in [0.3, 0.4) is 0 Å². The first-order chi connectivity index (χ1) is 9.82. The number of anilines is 1. The average molecular weight is 304 g/mol. The van der Waals surface area contributed by atoms with Gasteiger partial charge in [-0.15, -0.1) is 0 Å². The lowest BCUT2D eigenvalue weighted by atomic mass is 10.1. The molecule has 1 amide bonds. The minimum Gasteiger partial charge on any atom is -0.465 e. The van der Waals surface area contributed by atoms with Crippen LogP contribution in [-0.2, 0) is 6.18 Å². The highest BCUT2D eigenvalue weighted by Crippen LogP contribution is 2.29. The number of hydrogen-bond acceptors (Lipinski definition) is 4. The van der Waals surface area contributed by atoms with E-state index < -0.39 is 17.8 Å². The van der Waals surface area contributed by atoms with Crippen molar-refractivity contribution in [2.24, 2.45) is 0 Å². The Bertz CT molecular complexity index is 506. The maximum atomic E-state index is 12.5. The minimum absolute atomic E-state index is 0.147. The van der Waals surface area contributed by atoms with Gasteiger partial charge in [0.1, 0.15) is 0 Å². The zero-order valence-corrected chi connectivity index (χ0v) is 11.3. The summed E-state index contributed by atoms with van der Waals surface area (Å²) in [6, 6.07) is -0.147. The quantitative estimate of drug-likeness (QED) is 0.906. The number of halogens is 3. The summed E-state index contributed by atoms with van der Waals surface area (Å²) in [6.07, 6.45) is -3.32. The number of carboxylic acid groups (broad SMARTS) is 1. The lowest BCUT2D eigenvalue weighted by molar-refractivity contribution is -0.138. The average Bonchev–Trinajstić information content (AvgIpc) is 2.45. The van der Waals surface area contributed by atoms with Gasteiger partial charge in [0.2, 0.25) is 5.95 Å². The Morgan fingerprint density at radius 1 is 1.38 bits per heavy atom. The highest BCUT2D eigenvalue weighted by molar-refractivity contribution is 5.65. The summed E-state index contributed by atoms with van der Waals surface area (Å²) >= 11 is 0. The van der Waals surface area contributed by atoms with E-state index in [1.54, 1.807) is 4.90 Å². The van der Waals surface area contributed by atoms with E-state index in [2.05, 4.69) is 9.97 Å². The molecule has 0 aromatic carbocycles. The molecular formula is C12H15F3N4O2. The van der Waals surface area contributed by atoms with E-state index >= 15 is 0 Å². The van der Waals surface area contributed by atoms with Crippen LogP contribution in [0.2, 0.25) is 0 Å². The third kappa shape index (κ3) is 3.34. The Kier molecular flexibility index (Phi) is 4.19. The molecule has 1 fully saturated rings. The summed E-state index contributed by atoms with van der Waals surface area (Å²) in [5, 5.41) is 8.99. The summed E-state index contributed by atoms with van der Waals surface area (Å²) in [4.78, 5) is 21.5. The molecule has 1 atom stereocenters. The monoisotopic (exact) mass is 304 g/mol. The van der Waals surface area contributed by atoms with E-state index in [9.17, 15) is 18.0 Å². The van der Waals surface area contributed by atoms with Gasteiger partial charge >= 0.3 is 12.3 Å². The van der Waals surface area contributed by atoms with Crippen LogP contribution in [0, 0.1) is 0 Å². The van der Waals surface area contributed by atoms with Gasteiger partial charge in [-0.1, -0.05) is 6.92 Å². The van der Waals surface area contributed by atoms with Gasteiger partial charge in [-0.25, -0.2) is 14.8 Å². The van der Waals surface area contributed by atoms with E-state index in [4.69, 9.17) is 5.11 Å². The van der Waals surface area contributed by atoms with Crippen molar-refractivity contribution in [3.05, 3.63) is 18.0 Å². The number of alkyl halides is 3. The van der Waals surface area contributed by atoms with Crippen LogP contribution in [-0.4, -0.2) is 51.7 Å². The van der Waals surface area contributed by atoms with Crippen molar-refractivity contribution in [3.63, 3.8) is 0 Å². The van der Waals surface area contributed by atoms with Crippen LogP contribution < -0.4 is 4.90 Å². The summed E-state index contributed by atoms with van der Waals surface area (Å²) in [5.74, 6) is 0.194. The molecule has 21 heavy (non-hydrogen) atoms. The van der Waals surface area contributed by atoms with Gasteiger partial charge in [-0.2, -0.15) is 13.2 Å². The second-order valence-electron chi connectivity index (χ2n) is 4.75. The molecule has 1 aromatic heterocycles. The summed E-state index contributed by atoms with van der Waals surface area (Å²) in [7, 11) is 0. The molecule has 1 aliphatic heterocycles. The first-order valence-electron chi connectivity index (χ1n) is 6.46. The molecule has 0 radical (unpaired) electrons. The fourth-order valence-corrected chi connectivity index (χ4v) is 2.26. The number of rotatable bonds is 2. The third-order valence-corrected chi connectivity index (χ3v) is 3.45. The maximum absolute atomic E-state index is 12.5. The van der Waals surface area contributed by atoms with Crippen LogP contribution in [0.1, 0.15) is 18.9 Å². The molecule has 6 nitrogen and oxygen atoms in total. The molecule has 1 aromatic rings. The fourth-order valence-electron chi connectivity index (χ4n) is 2.26. The molecule has 1 saturated heterocycles. The van der Waals surface area contributed by atoms with Crippen molar-refractivity contribution in [2.75, 3.05) is 24.5 Å². The lowest BCUT2D eigenvalue weighted by Crippen LogP contribution is -2.55. The summed E-state index contributed by atoms with van der Waals surface area (Å²) in [5.41, 5.74) is -0.900. The van der Waals surface area contributed by atoms with Crippen LogP contribution in [0.5, 0.6) is 0 Å². The van der Waals surface area contributed by atoms with Crippen molar-refractivity contribution in [1.29, 1.82) is 0 Å². The number of hydrogen-bond donors (Lipinski definition) is 1. The first-order valence-corrected chi connectivity index (χ1v) is 6.46.